The first-order valence-electron chi connectivity index (χ1n) is 10.1. The van der Waals surface area contributed by atoms with Crippen LogP contribution in [0.3, 0.4) is 0 Å². The molecule has 1 unspecified atom stereocenters. The van der Waals surface area contributed by atoms with Gasteiger partial charge >= 0.3 is 11.9 Å². The third-order valence-electron chi connectivity index (χ3n) is 4.66. The maximum atomic E-state index is 12.6. The lowest BCUT2D eigenvalue weighted by molar-refractivity contribution is -0.173. The van der Waals surface area contributed by atoms with E-state index < -0.39 is 35.4 Å². The van der Waals surface area contributed by atoms with Crippen molar-refractivity contribution in [2.24, 2.45) is 17.1 Å². The second-order valence-electron chi connectivity index (χ2n) is 8.43. The van der Waals surface area contributed by atoms with Crippen molar-refractivity contribution in [1.29, 1.82) is 0 Å². The highest BCUT2D eigenvalue weighted by Crippen LogP contribution is 2.25. The van der Waals surface area contributed by atoms with E-state index >= 15 is 0 Å². The van der Waals surface area contributed by atoms with Gasteiger partial charge in [0.2, 0.25) is 5.91 Å². The quantitative estimate of drug-likeness (QED) is 0.491. The Balaban J connectivity index is 2.67. The van der Waals surface area contributed by atoms with Crippen LogP contribution in [0.25, 0.3) is 0 Å². The summed E-state index contributed by atoms with van der Waals surface area (Å²) in [6.45, 7) is 7.05. The van der Waals surface area contributed by atoms with E-state index in [0.717, 1.165) is 5.56 Å². The SMILES string of the molecule is COC(=O)C(CC(C)C)OC(=O)C(C)(C)CNC(=O)[C@H](N)Cc1ccc(OC)c(Cl)c1. The third kappa shape index (κ3) is 8.38. The average molecular weight is 457 g/mol. The smallest absolute Gasteiger partial charge is 0.347 e. The van der Waals surface area contributed by atoms with Gasteiger partial charge in [0, 0.05) is 6.54 Å². The Morgan fingerprint density at radius 3 is 2.35 bits per heavy atom. The van der Waals surface area contributed by atoms with E-state index in [1.54, 1.807) is 32.0 Å². The minimum atomic E-state index is -1.07. The molecule has 0 spiro atoms. The zero-order chi connectivity index (χ0) is 23.8. The lowest BCUT2D eigenvalue weighted by atomic mass is 9.93. The van der Waals surface area contributed by atoms with Gasteiger partial charge in [-0.1, -0.05) is 31.5 Å². The van der Waals surface area contributed by atoms with E-state index in [9.17, 15) is 14.4 Å². The number of nitrogens with one attached hydrogen (secondary N) is 1. The second kappa shape index (κ2) is 11.9. The minimum Gasteiger partial charge on any atom is -0.495 e. The lowest BCUT2D eigenvalue weighted by Gasteiger charge is -2.27. The maximum Gasteiger partial charge on any atom is 0.347 e. The molecule has 2 atom stereocenters. The Labute approximate surface area is 188 Å². The van der Waals surface area contributed by atoms with Crippen LogP contribution in [0.5, 0.6) is 5.75 Å². The van der Waals surface area contributed by atoms with Crippen molar-refractivity contribution in [3.63, 3.8) is 0 Å². The lowest BCUT2D eigenvalue weighted by Crippen LogP contribution is -2.48. The van der Waals surface area contributed by atoms with Crippen LogP contribution in [0.4, 0.5) is 0 Å². The molecule has 0 saturated carbocycles. The van der Waals surface area contributed by atoms with E-state index in [2.05, 4.69) is 5.32 Å². The fourth-order valence-electron chi connectivity index (χ4n) is 2.74. The second-order valence-corrected chi connectivity index (χ2v) is 8.84. The molecule has 0 heterocycles. The number of benzene rings is 1. The summed E-state index contributed by atoms with van der Waals surface area (Å²) in [5, 5.41) is 3.11. The van der Waals surface area contributed by atoms with Crippen molar-refractivity contribution < 1.29 is 28.6 Å². The molecule has 0 aliphatic rings. The van der Waals surface area contributed by atoms with Crippen molar-refractivity contribution in [2.75, 3.05) is 20.8 Å². The fraction of sp³-hybridized carbons (Fsp3) is 0.591. The Morgan fingerprint density at radius 1 is 1.19 bits per heavy atom. The molecule has 3 N–H and O–H groups in total. The standard InChI is InChI=1S/C22H33ClN2O6/c1-13(2)9-18(20(27)30-6)31-21(28)22(3,4)12-25-19(26)16(24)11-14-7-8-17(29-5)15(23)10-14/h7-8,10,13,16,18H,9,11-12,24H2,1-6H3,(H,25,26)/t16-,18?/m1/s1. The van der Waals surface area contributed by atoms with Gasteiger partial charge in [0.05, 0.1) is 30.7 Å². The molecular weight excluding hydrogens is 424 g/mol. The first kappa shape index (κ1) is 26.7. The Morgan fingerprint density at radius 2 is 1.84 bits per heavy atom. The number of hydrogen-bond acceptors (Lipinski definition) is 7. The van der Waals surface area contributed by atoms with Gasteiger partial charge in [0.25, 0.3) is 0 Å². The largest absolute Gasteiger partial charge is 0.495 e. The number of esters is 2. The first-order valence-corrected chi connectivity index (χ1v) is 10.4. The van der Waals surface area contributed by atoms with E-state index in [0.29, 0.717) is 17.2 Å². The summed E-state index contributed by atoms with van der Waals surface area (Å²) < 4.78 is 15.2. The van der Waals surface area contributed by atoms with Crippen LogP contribution in [0.2, 0.25) is 5.02 Å². The van der Waals surface area contributed by atoms with Crippen LogP contribution < -0.4 is 15.8 Å². The molecule has 0 aromatic heterocycles. The average Bonchev–Trinajstić information content (AvgIpc) is 2.70. The zero-order valence-electron chi connectivity index (χ0n) is 19.0. The predicted octanol–water partition coefficient (Wildman–Crippen LogP) is 2.49. The van der Waals surface area contributed by atoms with Crippen LogP contribution >= 0.6 is 11.6 Å². The Hall–Kier alpha value is -2.32. The number of methoxy groups -OCH3 is 2. The number of ether oxygens (including phenoxy) is 3. The first-order chi connectivity index (χ1) is 14.4. The van der Waals surface area contributed by atoms with Crippen molar-refractivity contribution in [2.45, 2.75) is 52.7 Å². The summed E-state index contributed by atoms with van der Waals surface area (Å²) in [5.41, 5.74) is 5.72. The normalized spacial score (nSPS) is 13.3. The van der Waals surface area contributed by atoms with Gasteiger partial charge in [-0.2, -0.15) is 0 Å². The summed E-state index contributed by atoms with van der Waals surface area (Å²) in [4.78, 5) is 36.9. The van der Waals surface area contributed by atoms with Gasteiger partial charge in [-0.25, -0.2) is 4.79 Å². The molecule has 1 aromatic carbocycles. The Kier molecular flexibility index (Phi) is 10.3. The molecule has 0 fully saturated rings. The number of carbonyl (C=O) groups excluding carboxylic acids is 3. The highest BCUT2D eigenvalue weighted by molar-refractivity contribution is 6.32. The summed E-state index contributed by atoms with van der Waals surface area (Å²) in [6, 6.07) is 4.34. The van der Waals surface area contributed by atoms with Gasteiger partial charge in [-0.05, 0) is 50.3 Å². The van der Waals surface area contributed by atoms with Crippen molar-refractivity contribution in [3.05, 3.63) is 28.8 Å². The van der Waals surface area contributed by atoms with Gasteiger partial charge in [-0.3, -0.25) is 9.59 Å². The number of amides is 1. The van der Waals surface area contributed by atoms with Crippen LogP contribution in [-0.2, 0) is 30.3 Å². The molecule has 9 heteroatoms. The molecule has 31 heavy (non-hydrogen) atoms. The van der Waals surface area contributed by atoms with Gasteiger partial charge in [-0.15, -0.1) is 0 Å². The van der Waals surface area contributed by atoms with Gasteiger partial charge < -0.3 is 25.3 Å². The minimum absolute atomic E-state index is 0.00267. The van der Waals surface area contributed by atoms with Crippen LogP contribution in [-0.4, -0.2) is 50.8 Å². The summed E-state index contributed by atoms with van der Waals surface area (Å²) in [5.74, 6) is -0.975. The summed E-state index contributed by atoms with van der Waals surface area (Å²) in [7, 11) is 2.76. The number of halogens is 1. The molecule has 1 amide bonds. The van der Waals surface area contributed by atoms with Gasteiger partial charge in [0.15, 0.2) is 6.10 Å². The molecule has 0 saturated heterocycles. The molecule has 0 bridgehead atoms. The van der Waals surface area contributed by atoms with Crippen LogP contribution in [0.15, 0.2) is 18.2 Å². The van der Waals surface area contributed by atoms with E-state index in [-0.39, 0.29) is 18.9 Å². The van der Waals surface area contributed by atoms with Gasteiger partial charge in [0.1, 0.15) is 5.75 Å². The third-order valence-corrected chi connectivity index (χ3v) is 4.96. The monoisotopic (exact) mass is 456 g/mol. The zero-order valence-corrected chi connectivity index (χ0v) is 19.7. The topological polar surface area (TPSA) is 117 Å². The molecular formula is C22H33ClN2O6. The fourth-order valence-corrected chi connectivity index (χ4v) is 3.02. The van der Waals surface area contributed by atoms with Crippen molar-refractivity contribution in [3.8, 4) is 5.75 Å². The molecule has 1 aromatic rings. The van der Waals surface area contributed by atoms with E-state index in [1.807, 2.05) is 13.8 Å². The number of rotatable bonds is 11. The summed E-state index contributed by atoms with van der Waals surface area (Å²) in [6.07, 6.45) is -0.385. The predicted molar refractivity (Wildman–Crippen MR) is 118 cm³/mol. The van der Waals surface area contributed by atoms with E-state index in [1.165, 1.54) is 14.2 Å². The molecule has 0 aliphatic heterocycles. The highest BCUT2D eigenvalue weighted by Gasteiger charge is 2.35. The number of carbonyl (C=O) groups is 3. The Bertz CT molecular complexity index is 781. The van der Waals surface area contributed by atoms with Crippen molar-refractivity contribution in [1.82, 2.24) is 5.32 Å². The molecule has 1 rings (SSSR count). The van der Waals surface area contributed by atoms with Crippen molar-refractivity contribution >= 4 is 29.4 Å². The van der Waals surface area contributed by atoms with E-state index in [4.69, 9.17) is 31.5 Å². The molecule has 0 aliphatic carbocycles. The summed E-state index contributed by atoms with van der Waals surface area (Å²) >= 11 is 6.10. The van der Waals surface area contributed by atoms with Crippen LogP contribution in [0, 0.1) is 11.3 Å². The molecule has 174 valence electrons. The molecule has 0 radical (unpaired) electrons. The number of nitrogens with two attached hydrogens (primary N) is 1. The number of hydrogen-bond donors (Lipinski definition) is 2. The highest BCUT2D eigenvalue weighted by atomic mass is 35.5. The maximum absolute atomic E-state index is 12.6. The van der Waals surface area contributed by atoms with Crippen LogP contribution in [0.1, 0.15) is 39.7 Å². The molecule has 8 nitrogen and oxygen atoms in total.